The molecule has 22 heavy (non-hydrogen) atoms. The number of rotatable bonds is 3. The number of halogens is 1. The van der Waals surface area contributed by atoms with Crippen LogP contribution in [0.15, 0.2) is 37.2 Å². The standard InChI is InChI=1S/C15H15ClN4O2/c1-2-14(21)20-3-4-22-8-13(20)10-5-11(7-12(16)6-10)15-17-9-18-19-15/h2,5-7,9,13H,1,3-4,8H2,(H,17,18,19). The third-order valence-electron chi connectivity index (χ3n) is 3.58. The van der Waals surface area contributed by atoms with Gasteiger partial charge in [0, 0.05) is 17.1 Å². The van der Waals surface area contributed by atoms with Crippen LogP contribution in [0, 0.1) is 0 Å². The molecule has 1 atom stereocenters. The van der Waals surface area contributed by atoms with Crippen molar-refractivity contribution >= 4 is 17.5 Å². The summed E-state index contributed by atoms with van der Waals surface area (Å²) in [5, 5.41) is 7.22. The first kappa shape index (κ1) is 14.7. The lowest BCUT2D eigenvalue weighted by Gasteiger charge is -2.35. The van der Waals surface area contributed by atoms with Gasteiger partial charge in [-0.25, -0.2) is 4.98 Å². The number of carbonyl (C=O) groups excluding carboxylic acids is 1. The van der Waals surface area contributed by atoms with Crippen molar-refractivity contribution in [2.75, 3.05) is 19.8 Å². The van der Waals surface area contributed by atoms with Gasteiger partial charge in [-0.1, -0.05) is 18.2 Å². The summed E-state index contributed by atoms with van der Waals surface area (Å²) in [5.41, 5.74) is 1.71. The smallest absolute Gasteiger partial charge is 0.246 e. The van der Waals surface area contributed by atoms with E-state index in [1.807, 2.05) is 12.1 Å². The number of aromatic amines is 1. The fraction of sp³-hybridized carbons (Fsp3) is 0.267. The van der Waals surface area contributed by atoms with Crippen molar-refractivity contribution in [3.8, 4) is 11.4 Å². The van der Waals surface area contributed by atoms with Crippen LogP contribution in [0.1, 0.15) is 11.6 Å². The van der Waals surface area contributed by atoms with E-state index in [9.17, 15) is 4.79 Å². The average Bonchev–Trinajstić information content (AvgIpc) is 3.08. The molecule has 0 radical (unpaired) electrons. The zero-order valence-corrected chi connectivity index (χ0v) is 12.6. The summed E-state index contributed by atoms with van der Waals surface area (Å²) in [7, 11) is 0. The third-order valence-corrected chi connectivity index (χ3v) is 3.80. The molecule has 2 heterocycles. The first-order valence-corrected chi connectivity index (χ1v) is 7.24. The van der Waals surface area contributed by atoms with Gasteiger partial charge in [-0.15, -0.1) is 0 Å². The Bertz CT molecular complexity index is 687. The lowest BCUT2D eigenvalue weighted by Crippen LogP contribution is -2.42. The maximum atomic E-state index is 12.0. The number of H-pyrrole nitrogens is 1. The molecule has 1 aliphatic rings. The maximum Gasteiger partial charge on any atom is 0.246 e. The summed E-state index contributed by atoms with van der Waals surface area (Å²) >= 11 is 6.22. The summed E-state index contributed by atoms with van der Waals surface area (Å²) in [6.07, 6.45) is 2.76. The van der Waals surface area contributed by atoms with Crippen LogP contribution >= 0.6 is 11.6 Å². The number of aromatic nitrogens is 3. The molecule has 2 aromatic rings. The van der Waals surface area contributed by atoms with Crippen LogP contribution in [0.5, 0.6) is 0 Å². The van der Waals surface area contributed by atoms with E-state index < -0.39 is 0 Å². The lowest BCUT2D eigenvalue weighted by molar-refractivity contribution is -0.134. The Morgan fingerprint density at radius 1 is 1.50 bits per heavy atom. The molecule has 0 bridgehead atoms. The number of nitrogens with one attached hydrogen (secondary N) is 1. The van der Waals surface area contributed by atoms with Gasteiger partial charge < -0.3 is 9.64 Å². The van der Waals surface area contributed by atoms with Gasteiger partial charge in [0.05, 0.1) is 19.3 Å². The van der Waals surface area contributed by atoms with Gasteiger partial charge in [-0.05, 0) is 29.8 Å². The monoisotopic (exact) mass is 318 g/mol. The lowest BCUT2D eigenvalue weighted by atomic mass is 10.0. The topological polar surface area (TPSA) is 71.1 Å². The Hall–Kier alpha value is -2.18. The number of ether oxygens (including phenoxy) is 1. The number of hydrogen-bond acceptors (Lipinski definition) is 4. The molecule has 1 aromatic carbocycles. The fourth-order valence-electron chi connectivity index (χ4n) is 2.55. The Kier molecular flexibility index (Phi) is 4.22. The highest BCUT2D eigenvalue weighted by molar-refractivity contribution is 6.30. The Morgan fingerprint density at radius 3 is 3.09 bits per heavy atom. The minimum Gasteiger partial charge on any atom is -0.377 e. The molecule has 6 nitrogen and oxygen atoms in total. The molecule has 1 amide bonds. The second-order valence-corrected chi connectivity index (χ2v) is 5.37. The van der Waals surface area contributed by atoms with E-state index >= 15 is 0 Å². The van der Waals surface area contributed by atoms with E-state index in [1.54, 1.807) is 11.0 Å². The van der Waals surface area contributed by atoms with Crippen LogP contribution in [0.25, 0.3) is 11.4 Å². The molecular weight excluding hydrogens is 304 g/mol. The van der Waals surface area contributed by atoms with Gasteiger partial charge in [0.1, 0.15) is 6.33 Å². The molecule has 0 saturated carbocycles. The third kappa shape index (κ3) is 2.88. The van der Waals surface area contributed by atoms with Crippen LogP contribution in [0.4, 0.5) is 0 Å². The minimum atomic E-state index is -0.195. The molecule has 1 saturated heterocycles. The first-order chi connectivity index (χ1) is 10.7. The number of nitrogens with zero attached hydrogens (tertiary/aromatic N) is 3. The van der Waals surface area contributed by atoms with E-state index in [0.29, 0.717) is 30.6 Å². The Labute approximate surface area is 132 Å². The van der Waals surface area contributed by atoms with Crippen molar-refractivity contribution < 1.29 is 9.53 Å². The summed E-state index contributed by atoms with van der Waals surface area (Å²) in [4.78, 5) is 17.9. The SMILES string of the molecule is C=CC(=O)N1CCOCC1c1cc(Cl)cc(-c2ncn[nH]2)c1. The summed E-state index contributed by atoms with van der Waals surface area (Å²) in [6.45, 7) is 5.03. The Morgan fingerprint density at radius 2 is 2.36 bits per heavy atom. The number of hydrogen-bond donors (Lipinski definition) is 1. The van der Waals surface area contributed by atoms with E-state index in [2.05, 4.69) is 21.8 Å². The fourth-order valence-corrected chi connectivity index (χ4v) is 2.79. The van der Waals surface area contributed by atoms with Crippen LogP contribution < -0.4 is 0 Å². The number of carbonyl (C=O) groups is 1. The van der Waals surface area contributed by atoms with E-state index in [1.165, 1.54) is 12.4 Å². The summed E-state index contributed by atoms with van der Waals surface area (Å²) in [5.74, 6) is 0.511. The zero-order chi connectivity index (χ0) is 15.5. The second kappa shape index (κ2) is 6.29. The van der Waals surface area contributed by atoms with Crippen LogP contribution in [0.2, 0.25) is 5.02 Å². The van der Waals surface area contributed by atoms with Crippen molar-refractivity contribution in [2.24, 2.45) is 0 Å². The first-order valence-electron chi connectivity index (χ1n) is 6.86. The average molecular weight is 319 g/mol. The van der Waals surface area contributed by atoms with Gasteiger partial charge >= 0.3 is 0 Å². The van der Waals surface area contributed by atoms with E-state index in [0.717, 1.165) is 11.1 Å². The minimum absolute atomic E-state index is 0.116. The van der Waals surface area contributed by atoms with Gasteiger partial charge in [-0.2, -0.15) is 5.10 Å². The van der Waals surface area contributed by atoms with Crippen LogP contribution in [-0.4, -0.2) is 45.7 Å². The summed E-state index contributed by atoms with van der Waals surface area (Å²) in [6, 6.07) is 5.38. The van der Waals surface area contributed by atoms with Crippen molar-refractivity contribution in [2.45, 2.75) is 6.04 Å². The largest absolute Gasteiger partial charge is 0.377 e. The molecule has 1 fully saturated rings. The normalized spacial score (nSPS) is 18.2. The number of morpholine rings is 1. The van der Waals surface area contributed by atoms with Crippen molar-refractivity contribution in [1.29, 1.82) is 0 Å². The predicted molar refractivity (Wildman–Crippen MR) is 82.3 cm³/mol. The molecule has 1 aromatic heterocycles. The maximum absolute atomic E-state index is 12.0. The molecule has 0 spiro atoms. The van der Waals surface area contributed by atoms with Gasteiger partial charge in [0.15, 0.2) is 5.82 Å². The van der Waals surface area contributed by atoms with Crippen molar-refractivity contribution in [3.63, 3.8) is 0 Å². The Balaban J connectivity index is 1.99. The molecule has 1 aliphatic heterocycles. The van der Waals surface area contributed by atoms with Gasteiger partial charge in [-0.3, -0.25) is 9.89 Å². The van der Waals surface area contributed by atoms with Crippen molar-refractivity contribution in [1.82, 2.24) is 20.1 Å². The van der Waals surface area contributed by atoms with Gasteiger partial charge in [0.2, 0.25) is 5.91 Å². The molecule has 7 heteroatoms. The predicted octanol–water partition coefficient (Wildman–Crippen LogP) is 2.21. The van der Waals surface area contributed by atoms with Crippen LogP contribution in [0.3, 0.4) is 0 Å². The molecular formula is C15H15ClN4O2. The van der Waals surface area contributed by atoms with E-state index in [4.69, 9.17) is 16.3 Å². The van der Waals surface area contributed by atoms with Crippen LogP contribution in [-0.2, 0) is 9.53 Å². The number of amides is 1. The zero-order valence-electron chi connectivity index (χ0n) is 11.8. The molecule has 1 N–H and O–H groups in total. The number of benzene rings is 1. The molecule has 1 unspecified atom stereocenters. The van der Waals surface area contributed by atoms with Crippen molar-refractivity contribution in [3.05, 3.63) is 47.8 Å². The molecule has 0 aliphatic carbocycles. The second-order valence-electron chi connectivity index (χ2n) is 4.93. The molecule has 3 rings (SSSR count). The highest BCUT2D eigenvalue weighted by Crippen LogP contribution is 2.30. The highest BCUT2D eigenvalue weighted by atomic mass is 35.5. The quantitative estimate of drug-likeness (QED) is 0.881. The summed E-state index contributed by atoms with van der Waals surface area (Å²) < 4.78 is 5.52. The van der Waals surface area contributed by atoms with Gasteiger partial charge in [0.25, 0.3) is 0 Å². The van der Waals surface area contributed by atoms with E-state index in [-0.39, 0.29) is 11.9 Å². The molecule has 114 valence electrons. The highest BCUT2D eigenvalue weighted by Gasteiger charge is 2.28.